The van der Waals surface area contributed by atoms with Crippen molar-refractivity contribution in [3.8, 4) is 0 Å². The van der Waals surface area contributed by atoms with Gasteiger partial charge in [-0.05, 0) is 29.7 Å². The molecule has 1 aliphatic rings. The standard InChI is InChI=1S/C17H16FN5/c18-13-8-6-12(7-9-13)15-10-14(11-4-2-1-3-5-11)20-17-21-16(19)22-23(15)17/h1-9,14-15H,10H2,(H3,19,20,21,22)/t14-,15+/m1/s1. The number of hydrogen-bond donors (Lipinski definition) is 2. The number of benzene rings is 2. The Morgan fingerprint density at radius 2 is 1.78 bits per heavy atom. The van der Waals surface area contributed by atoms with E-state index in [0.717, 1.165) is 12.0 Å². The molecule has 0 amide bonds. The van der Waals surface area contributed by atoms with Gasteiger partial charge in [0.15, 0.2) is 0 Å². The molecule has 3 N–H and O–H groups in total. The molecule has 3 aromatic rings. The quantitative estimate of drug-likeness (QED) is 0.763. The molecule has 1 aromatic heterocycles. The highest BCUT2D eigenvalue weighted by atomic mass is 19.1. The van der Waals surface area contributed by atoms with E-state index in [1.165, 1.54) is 17.7 Å². The van der Waals surface area contributed by atoms with E-state index in [-0.39, 0.29) is 23.8 Å². The lowest BCUT2D eigenvalue weighted by atomic mass is 9.93. The number of nitrogen functional groups attached to an aromatic ring is 1. The smallest absolute Gasteiger partial charge is 0.241 e. The van der Waals surface area contributed by atoms with Crippen molar-refractivity contribution in [3.05, 3.63) is 71.5 Å². The van der Waals surface area contributed by atoms with Crippen molar-refractivity contribution in [2.24, 2.45) is 0 Å². The van der Waals surface area contributed by atoms with Crippen molar-refractivity contribution in [1.29, 1.82) is 0 Å². The van der Waals surface area contributed by atoms with Crippen LogP contribution in [0.25, 0.3) is 0 Å². The largest absolute Gasteiger partial charge is 0.366 e. The number of hydrogen-bond acceptors (Lipinski definition) is 4. The topological polar surface area (TPSA) is 68.8 Å². The van der Waals surface area contributed by atoms with E-state index < -0.39 is 0 Å². The van der Waals surface area contributed by atoms with Crippen LogP contribution in [0.3, 0.4) is 0 Å². The van der Waals surface area contributed by atoms with E-state index in [1.54, 1.807) is 16.8 Å². The Labute approximate surface area is 133 Å². The van der Waals surface area contributed by atoms with Crippen molar-refractivity contribution in [3.63, 3.8) is 0 Å². The number of anilines is 2. The molecule has 0 aliphatic carbocycles. The monoisotopic (exact) mass is 309 g/mol. The van der Waals surface area contributed by atoms with Gasteiger partial charge >= 0.3 is 0 Å². The average molecular weight is 309 g/mol. The van der Waals surface area contributed by atoms with Crippen LogP contribution in [0.4, 0.5) is 16.3 Å². The van der Waals surface area contributed by atoms with Crippen molar-refractivity contribution in [1.82, 2.24) is 14.8 Å². The molecule has 0 bridgehead atoms. The second-order valence-electron chi connectivity index (χ2n) is 5.65. The summed E-state index contributed by atoms with van der Waals surface area (Å²) in [6.07, 6.45) is 0.783. The summed E-state index contributed by atoms with van der Waals surface area (Å²) in [7, 11) is 0. The minimum absolute atomic E-state index is 0.0399. The average Bonchev–Trinajstić information content (AvgIpc) is 2.96. The number of nitrogens with two attached hydrogens (primary N) is 1. The highest BCUT2D eigenvalue weighted by molar-refractivity contribution is 5.41. The zero-order valence-electron chi connectivity index (χ0n) is 12.4. The number of nitrogens with zero attached hydrogens (tertiary/aromatic N) is 3. The molecule has 4 rings (SSSR count). The van der Waals surface area contributed by atoms with Gasteiger partial charge in [0.25, 0.3) is 0 Å². The number of aromatic nitrogens is 3. The Balaban J connectivity index is 1.76. The van der Waals surface area contributed by atoms with E-state index in [1.807, 2.05) is 18.2 Å². The Kier molecular flexibility index (Phi) is 3.22. The number of halogens is 1. The highest BCUT2D eigenvalue weighted by Gasteiger charge is 2.30. The van der Waals surface area contributed by atoms with Gasteiger partial charge in [-0.1, -0.05) is 42.5 Å². The summed E-state index contributed by atoms with van der Waals surface area (Å²) >= 11 is 0. The molecule has 6 heteroatoms. The van der Waals surface area contributed by atoms with Crippen molar-refractivity contribution in [2.45, 2.75) is 18.5 Å². The number of rotatable bonds is 2. The fourth-order valence-corrected chi connectivity index (χ4v) is 3.06. The van der Waals surface area contributed by atoms with E-state index in [4.69, 9.17) is 5.73 Å². The first-order valence-corrected chi connectivity index (χ1v) is 7.49. The maximum absolute atomic E-state index is 13.2. The SMILES string of the molecule is Nc1nc2n(n1)[C@H](c1ccc(F)cc1)C[C@H](c1ccccc1)N2. The molecular formula is C17H16FN5. The van der Waals surface area contributed by atoms with Crippen LogP contribution in [0.2, 0.25) is 0 Å². The van der Waals surface area contributed by atoms with Crippen LogP contribution >= 0.6 is 0 Å². The normalized spacial score (nSPS) is 19.9. The first-order chi connectivity index (χ1) is 11.2. The summed E-state index contributed by atoms with van der Waals surface area (Å²) < 4.78 is 15.0. The van der Waals surface area contributed by atoms with Crippen molar-refractivity contribution in [2.75, 3.05) is 11.1 Å². The van der Waals surface area contributed by atoms with Crippen LogP contribution in [0.15, 0.2) is 54.6 Å². The lowest BCUT2D eigenvalue weighted by Gasteiger charge is -2.31. The predicted octanol–water partition coefficient (Wildman–Crippen LogP) is 3.15. The van der Waals surface area contributed by atoms with Crippen LogP contribution in [-0.2, 0) is 0 Å². The molecule has 2 heterocycles. The van der Waals surface area contributed by atoms with Gasteiger partial charge in [0, 0.05) is 0 Å². The van der Waals surface area contributed by atoms with E-state index in [2.05, 4.69) is 27.5 Å². The molecule has 0 radical (unpaired) electrons. The minimum Gasteiger partial charge on any atom is -0.366 e. The van der Waals surface area contributed by atoms with Crippen LogP contribution in [0.1, 0.15) is 29.6 Å². The molecule has 0 spiro atoms. The summed E-state index contributed by atoms with van der Waals surface area (Å²) in [5.74, 6) is 0.617. The third-order valence-electron chi connectivity index (χ3n) is 4.16. The van der Waals surface area contributed by atoms with Gasteiger partial charge in [-0.25, -0.2) is 9.07 Å². The second-order valence-corrected chi connectivity index (χ2v) is 5.65. The zero-order valence-corrected chi connectivity index (χ0v) is 12.4. The maximum atomic E-state index is 13.2. The van der Waals surface area contributed by atoms with Gasteiger partial charge in [-0.2, -0.15) is 4.98 Å². The molecule has 2 aromatic carbocycles. The molecular weight excluding hydrogens is 293 g/mol. The Bertz CT molecular complexity index is 813. The third kappa shape index (κ3) is 2.52. The molecule has 5 nitrogen and oxygen atoms in total. The van der Waals surface area contributed by atoms with Gasteiger partial charge in [-0.3, -0.25) is 0 Å². The van der Waals surface area contributed by atoms with Gasteiger partial charge < -0.3 is 11.1 Å². The first-order valence-electron chi connectivity index (χ1n) is 7.49. The third-order valence-corrected chi connectivity index (χ3v) is 4.16. The lowest BCUT2D eigenvalue weighted by Crippen LogP contribution is -2.28. The summed E-state index contributed by atoms with van der Waals surface area (Å²) in [5, 5.41) is 7.67. The van der Waals surface area contributed by atoms with E-state index in [9.17, 15) is 4.39 Å². The predicted molar refractivity (Wildman–Crippen MR) is 86.4 cm³/mol. The molecule has 2 atom stereocenters. The van der Waals surface area contributed by atoms with Crippen molar-refractivity contribution >= 4 is 11.9 Å². The van der Waals surface area contributed by atoms with Gasteiger partial charge in [0.05, 0.1) is 12.1 Å². The lowest BCUT2D eigenvalue weighted by molar-refractivity contribution is 0.431. The molecule has 0 fully saturated rings. The van der Waals surface area contributed by atoms with Crippen LogP contribution < -0.4 is 11.1 Å². The molecule has 23 heavy (non-hydrogen) atoms. The van der Waals surface area contributed by atoms with Crippen LogP contribution in [-0.4, -0.2) is 14.8 Å². The maximum Gasteiger partial charge on any atom is 0.241 e. The highest BCUT2D eigenvalue weighted by Crippen LogP contribution is 2.37. The number of nitrogens with one attached hydrogen (secondary N) is 1. The summed E-state index contributed by atoms with van der Waals surface area (Å²) in [5.41, 5.74) is 7.92. The molecule has 1 aliphatic heterocycles. The zero-order chi connectivity index (χ0) is 15.8. The Hall–Kier alpha value is -2.89. The van der Waals surface area contributed by atoms with Crippen molar-refractivity contribution < 1.29 is 4.39 Å². The van der Waals surface area contributed by atoms with Gasteiger partial charge in [0.1, 0.15) is 5.82 Å². The fourth-order valence-electron chi connectivity index (χ4n) is 3.06. The summed E-state index contributed by atoms with van der Waals surface area (Å²) in [4.78, 5) is 4.26. The first kappa shape index (κ1) is 13.8. The molecule has 116 valence electrons. The summed E-state index contributed by atoms with van der Waals surface area (Å²) in [6, 6.07) is 16.7. The van der Waals surface area contributed by atoms with Gasteiger partial charge in [-0.15, -0.1) is 5.10 Å². The second kappa shape index (κ2) is 5.39. The van der Waals surface area contributed by atoms with E-state index >= 15 is 0 Å². The Morgan fingerprint density at radius 1 is 1.04 bits per heavy atom. The molecule has 0 saturated carbocycles. The molecule has 0 unspecified atom stereocenters. The van der Waals surface area contributed by atoms with Crippen LogP contribution in [0, 0.1) is 5.82 Å². The Morgan fingerprint density at radius 3 is 2.52 bits per heavy atom. The van der Waals surface area contributed by atoms with Gasteiger partial charge in [0.2, 0.25) is 11.9 Å². The van der Waals surface area contributed by atoms with E-state index in [0.29, 0.717) is 5.95 Å². The number of fused-ring (bicyclic) bond motifs is 1. The van der Waals surface area contributed by atoms with Crippen LogP contribution in [0.5, 0.6) is 0 Å². The molecule has 0 saturated heterocycles. The summed E-state index contributed by atoms with van der Waals surface area (Å²) in [6.45, 7) is 0. The minimum atomic E-state index is -0.249. The fraction of sp³-hybridized carbons (Fsp3) is 0.176.